The van der Waals surface area contributed by atoms with Crippen molar-refractivity contribution in [2.75, 3.05) is 13.1 Å². The van der Waals surface area contributed by atoms with Crippen molar-refractivity contribution in [3.05, 3.63) is 29.2 Å². The fraction of sp³-hybridized carbons (Fsp3) is 0.600. The number of hydrogen-bond donors (Lipinski definition) is 1. The van der Waals surface area contributed by atoms with Gasteiger partial charge in [0.15, 0.2) is 0 Å². The number of hydrogen-bond acceptors (Lipinski definition) is 6. The summed E-state index contributed by atoms with van der Waals surface area (Å²) in [7, 11) is 0. The molecule has 2 aromatic rings. The monoisotopic (exact) mass is 318 g/mol. The molecular formula is C15H22N6O2. The van der Waals surface area contributed by atoms with Crippen molar-refractivity contribution in [2.45, 2.75) is 45.7 Å². The zero-order valence-electron chi connectivity index (χ0n) is 13.5. The number of likely N-dealkylation sites (tertiary alicyclic amines) is 1. The van der Waals surface area contributed by atoms with Gasteiger partial charge in [-0.2, -0.15) is 0 Å². The van der Waals surface area contributed by atoms with Crippen LogP contribution in [0.4, 0.5) is 0 Å². The Morgan fingerprint density at radius 2 is 2.35 bits per heavy atom. The molecule has 1 amide bonds. The normalized spacial score (nSPS) is 19.1. The molecule has 8 heteroatoms. The highest BCUT2D eigenvalue weighted by atomic mass is 16.5. The lowest BCUT2D eigenvalue weighted by atomic mass is 10.0. The van der Waals surface area contributed by atoms with Gasteiger partial charge in [-0.15, -0.1) is 5.10 Å². The first-order chi connectivity index (χ1) is 11.1. The van der Waals surface area contributed by atoms with Crippen LogP contribution in [-0.2, 0) is 13.0 Å². The van der Waals surface area contributed by atoms with E-state index in [1.807, 2.05) is 6.92 Å². The third-order valence-corrected chi connectivity index (χ3v) is 4.37. The third-order valence-electron chi connectivity index (χ3n) is 4.37. The summed E-state index contributed by atoms with van der Waals surface area (Å²) >= 11 is 0. The highest BCUT2D eigenvalue weighted by Crippen LogP contribution is 2.24. The van der Waals surface area contributed by atoms with Gasteiger partial charge in [0.05, 0.1) is 11.7 Å². The first-order valence-corrected chi connectivity index (χ1v) is 7.95. The second-order valence-corrected chi connectivity index (χ2v) is 5.96. The van der Waals surface area contributed by atoms with Gasteiger partial charge in [0.1, 0.15) is 12.1 Å². The average molecular weight is 318 g/mol. The number of piperidine rings is 1. The molecule has 3 heterocycles. The Kier molecular flexibility index (Phi) is 4.42. The van der Waals surface area contributed by atoms with Crippen molar-refractivity contribution < 1.29 is 9.32 Å². The fourth-order valence-electron chi connectivity index (χ4n) is 3.10. The van der Waals surface area contributed by atoms with Crippen LogP contribution in [0.3, 0.4) is 0 Å². The van der Waals surface area contributed by atoms with Gasteiger partial charge in [-0.05, 0) is 32.7 Å². The van der Waals surface area contributed by atoms with E-state index >= 15 is 0 Å². The van der Waals surface area contributed by atoms with Gasteiger partial charge >= 0.3 is 0 Å². The third kappa shape index (κ3) is 3.26. The number of amides is 1. The van der Waals surface area contributed by atoms with E-state index in [1.165, 1.54) is 5.56 Å². The number of carbonyl (C=O) groups excluding carboxylic acids is 1. The lowest BCUT2D eigenvalue weighted by Gasteiger charge is -2.32. The Bertz CT molecular complexity index is 692. The predicted molar refractivity (Wildman–Crippen MR) is 82.7 cm³/mol. The highest BCUT2D eigenvalue weighted by Gasteiger charge is 2.25. The number of aromatic nitrogens is 4. The summed E-state index contributed by atoms with van der Waals surface area (Å²) in [4.78, 5) is 17.5. The van der Waals surface area contributed by atoms with Gasteiger partial charge in [-0.1, -0.05) is 12.1 Å². The van der Waals surface area contributed by atoms with E-state index in [-0.39, 0.29) is 11.9 Å². The van der Waals surface area contributed by atoms with Crippen LogP contribution in [-0.4, -0.2) is 43.8 Å². The molecule has 0 aliphatic carbocycles. The molecule has 1 saturated heterocycles. The summed E-state index contributed by atoms with van der Waals surface area (Å²) in [6.45, 7) is 6.75. The van der Waals surface area contributed by atoms with Crippen LogP contribution < -0.4 is 5.73 Å². The van der Waals surface area contributed by atoms with E-state index in [9.17, 15) is 4.79 Å². The maximum atomic E-state index is 11.1. The molecule has 1 aliphatic heterocycles. The lowest BCUT2D eigenvalue weighted by molar-refractivity contribution is 0.0989. The first kappa shape index (κ1) is 15.7. The molecule has 1 aliphatic rings. The molecule has 0 radical (unpaired) electrons. The van der Waals surface area contributed by atoms with Crippen LogP contribution >= 0.6 is 0 Å². The minimum Gasteiger partial charge on any atom is -0.363 e. The minimum atomic E-state index is -0.593. The standard InChI is InChI=1S/C15H22N6O2/c1-3-13-12(10(2)23-19-13)8-20-6-4-5-11(7-20)21-9-17-15(18-21)14(16)22/h9,11H,3-8H2,1-2H3,(H2,16,22)/t11-/m1/s1. The van der Waals surface area contributed by atoms with Gasteiger partial charge in [-0.3, -0.25) is 9.69 Å². The molecule has 0 unspecified atom stereocenters. The largest absolute Gasteiger partial charge is 0.363 e. The van der Waals surface area contributed by atoms with Crippen LogP contribution in [0.1, 0.15) is 53.4 Å². The molecule has 3 rings (SSSR count). The highest BCUT2D eigenvalue weighted by molar-refractivity contribution is 5.88. The molecule has 0 spiro atoms. The molecule has 2 N–H and O–H groups in total. The smallest absolute Gasteiger partial charge is 0.288 e. The van der Waals surface area contributed by atoms with E-state index < -0.39 is 5.91 Å². The quantitative estimate of drug-likeness (QED) is 0.884. The van der Waals surface area contributed by atoms with E-state index in [2.05, 4.69) is 27.1 Å². The summed E-state index contributed by atoms with van der Waals surface area (Å²) in [5.74, 6) is 0.370. The first-order valence-electron chi connectivity index (χ1n) is 7.95. The molecule has 0 bridgehead atoms. The molecule has 1 fully saturated rings. The summed E-state index contributed by atoms with van der Waals surface area (Å²) in [5, 5.41) is 8.31. The summed E-state index contributed by atoms with van der Waals surface area (Å²) in [6.07, 6.45) is 4.55. The number of carbonyl (C=O) groups is 1. The lowest BCUT2D eigenvalue weighted by Crippen LogP contribution is -2.36. The van der Waals surface area contributed by atoms with Crippen molar-refractivity contribution in [3.8, 4) is 0 Å². The van der Waals surface area contributed by atoms with Crippen LogP contribution in [0.25, 0.3) is 0 Å². The summed E-state index contributed by atoms with van der Waals surface area (Å²) in [6, 6.07) is 0.203. The molecule has 8 nitrogen and oxygen atoms in total. The summed E-state index contributed by atoms with van der Waals surface area (Å²) in [5.41, 5.74) is 7.43. The Hall–Kier alpha value is -2.22. The van der Waals surface area contributed by atoms with Gasteiger partial charge in [0.25, 0.3) is 5.91 Å². The van der Waals surface area contributed by atoms with Crippen LogP contribution in [0.5, 0.6) is 0 Å². The van der Waals surface area contributed by atoms with Crippen molar-refractivity contribution >= 4 is 5.91 Å². The van der Waals surface area contributed by atoms with Crippen LogP contribution in [0.2, 0.25) is 0 Å². The second kappa shape index (κ2) is 6.49. The summed E-state index contributed by atoms with van der Waals surface area (Å²) < 4.78 is 7.07. The van der Waals surface area contributed by atoms with E-state index in [0.717, 1.165) is 50.4 Å². The zero-order valence-corrected chi connectivity index (χ0v) is 13.5. The number of nitrogens with zero attached hydrogens (tertiary/aromatic N) is 5. The van der Waals surface area contributed by atoms with E-state index in [1.54, 1.807) is 11.0 Å². The maximum Gasteiger partial charge on any atom is 0.288 e. The molecular weight excluding hydrogens is 296 g/mol. The topological polar surface area (TPSA) is 103 Å². The van der Waals surface area contributed by atoms with Gasteiger partial charge in [-0.25, -0.2) is 9.67 Å². The molecule has 0 saturated carbocycles. The molecule has 124 valence electrons. The Morgan fingerprint density at radius 1 is 1.52 bits per heavy atom. The molecule has 0 aromatic carbocycles. The van der Waals surface area contributed by atoms with Crippen LogP contribution in [0.15, 0.2) is 10.9 Å². The van der Waals surface area contributed by atoms with E-state index in [0.29, 0.717) is 0 Å². The van der Waals surface area contributed by atoms with Crippen molar-refractivity contribution in [2.24, 2.45) is 5.73 Å². The van der Waals surface area contributed by atoms with Gasteiger partial charge in [0, 0.05) is 18.7 Å². The SMILES string of the molecule is CCc1noc(C)c1CN1CCC[C@@H](n2cnc(C(N)=O)n2)C1. The Balaban J connectivity index is 1.70. The van der Waals surface area contributed by atoms with Crippen molar-refractivity contribution in [3.63, 3.8) is 0 Å². The molecule has 23 heavy (non-hydrogen) atoms. The second-order valence-electron chi connectivity index (χ2n) is 5.96. The Labute approximate surface area is 134 Å². The number of nitrogens with two attached hydrogens (primary N) is 1. The number of aryl methyl sites for hydroxylation is 2. The van der Waals surface area contributed by atoms with Crippen LogP contribution in [0, 0.1) is 6.92 Å². The number of primary amides is 1. The van der Waals surface area contributed by atoms with E-state index in [4.69, 9.17) is 10.3 Å². The maximum absolute atomic E-state index is 11.1. The van der Waals surface area contributed by atoms with Crippen molar-refractivity contribution in [1.82, 2.24) is 24.8 Å². The number of rotatable bonds is 5. The van der Waals surface area contributed by atoms with Gasteiger partial charge in [0.2, 0.25) is 5.82 Å². The fourth-order valence-corrected chi connectivity index (χ4v) is 3.10. The zero-order chi connectivity index (χ0) is 16.4. The molecule has 1 atom stereocenters. The molecule has 2 aromatic heterocycles. The minimum absolute atomic E-state index is 0.0743. The van der Waals surface area contributed by atoms with Gasteiger partial charge < -0.3 is 10.3 Å². The predicted octanol–water partition coefficient (Wildman–Crippen LogP) is 1.07. The van der Waals surface area contributed by atoms with Crippen molar-refractivity contribution in [1.29, 1.82) is 0 Å². The average Bonchev–Trinajstić information content (AvgIpc) is 3.16. The Morgan fingerprint density at radius 3 is 3.04 bits per heavy atom.